The van der Waals surface area contributed by atoms with Gasteiger partial charge in [0.1, 0.15) is 5.25 Å². The summed E-state index contributed by atoms with van der Waals surface area (Å²) < 4.78 is 71.2. The number of rotatable bonds is 6. The Balaban J connectivity index is 2.70. The fourth-order valence-corrected chi connectivity index (χ4v) is 5.11. The van der Waals surface area contributed by atoms with Crippen LogP contribution >= 0.6 is 0 Å². The van der Waals surface area contributed by atoms with Crippen LogP contribution in [-0.4, -0.2) is 22.2 Å². The van der Waals surface area contributed by atoms with Crippen molar-refractivity contribution in [2.24, 2.45) is 0 Å². The standard InChI is InChI=1S/C18H21F3O3SSi/c1-26(2,3)24-16(14-10-6-4-7-11-14)17(15-12-8-5-9-13-15)25(22,23)18(19,20)21/h4-13,16-17H,1-3H3/t16-,17-/m1/s1. The van der Waals surface area contributed by atoms with Crippen molar-refractivity contribution in [2.75, 3.05) is 0 Å². The first kappa shape index (κ1) is 20.7. The molecular weight excluding hydrogens is 381 g/mol. The lowest BCUT2D eigenvalue weighted by Gasteiger charge is -2.33. The van der Waals surface area contributed by atoms with Gasteiger partial charge < -0.3 is 4.43 Å². The number of alkyl halides is 3. The second-order valence-corrected chi connectivity index (χ2v) is 13.4. The molecule has 8 heteroatoms. The number of halogens is 3. The van der Waals surface area contributed by atoms with E-state index in [1.165, 1.54) is 24.3 Å². The Kier molecular flexibility index (Phi) is 5.99. The second-order valence-electron chi connectivity index (χ2n) is 6.88. The van der Waals surface area contributed by atoms with Crippen LogP contribution in [-0.2, 0) is 14.3 Å². The van der Waals surface area contributed by atoms with Crippen molar-refractivity contribution in [2.45, 2.75) is 36.5 Å². The highest BCUT2D eigenvalue weighted by molar-refractivity contribution is 7.92. The summed E-state index contributed by atoms with van der Waals surface area (Å²) in [6.07, 6.45) is -1.25. The Morgan fingerprint density at radius 3 is 1.65 bits per heavy atom. The molecular formula is C18H21F3O3SSi. The van der Waals surface area contributed by atoms with Crippen LogP contribution in [0.3, 0.4) is 0 Å². The molecule has 2 rings (SSSR count). The van der Waals surface area contributed by atoms with Crippen LogP contribution in [0.15, 0.2) is 60.7 Å². The van der Waals surface area contributed by atoms with E-state index in [0.29, 0.717) is 5.56 Å². The Labute approximate surface area is 152 Å². The van der Waals surface area contributed by atoms with Crippen molar-refractivity contribution in [1.82, 2.24) is 0 Å². The van der Waals surface area contributed by atoms with Crippen molar-refractivity contribution in [3.05, 3.63) is 71.8 Å². The highest BCUT2D eigenvalue weighted by Crippen LogP contribution is 2.45. The van der Waals surface area contributed by atoms with Gasteiger partial charge in [-0.05, 0) is 30.8 Å². The minimum Gasteiger partial charge on any atom is -0.409 e. The molecule has 0 aromatic heterocycles. The number of hydrogen-bond acceptors (Lipinski definition) is 3. The zero-order chi connectivity index (χ0) is 19.6. The maximum Gasteiger partial charge on any atom is 0.498 e. The zero-order valence-electron chi connectivity index (χ0n) is 14.7. The zero-order valence-corrected chi connectivity index (χ0v) is 16.5. The van der Waals surface area contributed by atoms with Crippen LogP contribution in [0.2, 0.25) is 19.6 Å². The van der Waals surface area contributed by atoms with Gasteiger partial charge in [0.2, 0.25) is 0 Å². The molecule has 0 amide bonds. The third-order valence-corrected chi connectivity index (χ3v) is 6.46. The van der Waals surface area contributed by atoms with Gasteiger partial charge in [-0.15, -0.1) is 0 Å². The van der Waals surface area contributed by atoms with E-state index in [2.05, 4.69) is 0 Å². The lowest BCUT2D eigenvalue weighted by atomic mass is 10.0. The third kappa shape index (κ3) is 4.75. The molecule has 26 heavy (non-hydrogen) atoms. The van der Waals surface area contributed by atoms with E-state index in [9.17, 15) is 21.6 Å². The smallest absolute Gasteiger partial charge is 0.409 e. The van der Waals surface area contributed by atoms with Crippen molar-refractivity contribution in [1.29, 1.82) is 0 Å². The molecule has 0 bridgehead atoms. The van der Waals surface area contributed by atoms with Gasteiger partial charge in [-0.25, -0.2) is 8.42 Å². The summed E-state index contributed by atoms with van der Waals surface area (Å²) in [4.78, 5) is 0. The van der Waals surface area contributed by atoms with E-state index in [-0.39, 0.29) is 5.56 Å². The Bertz CT molecular complexity index is 816. The summed E-state index contributed by atoms with van der Waals surface area (Å²) in [5, 5.41) is -1.88. The summed E-state index contributed by atoms with van der Waals surface area (Å²) in [5.74, 6) is 0. The third-order valence-electron chi connectivity index (χ3n) is 3.67. The van der Waals surface area contributed by atoms with Crippen LogP contribution in [0.1, 0.15) is 22.5 Å². The fraction of sp³-hybridized carbons (Fsp3) is 0.333. The molecule has 0 aliphatic carbocycles. The van der Waals surface area contributed by atoms with Gasteiger partial charge in [0, 0.05) is 0 Å². The molecule has 0 spiro atoms. The summed E-state index contributed by atoms with van der Waals surface area (Å²) in [6, 6.07) is 15.6. The van der Waals surface area contributed by atoms with Crippen LogP contribution in [0, 0.1) is 0 Å². The number of benzene rings is 2. The van der Waals surface area contributed by atoms with Crippen LogP contribution < -0.4 is 0 Å². The predicted molar refractivity (Wildman–Crippen MR) is 97.8 cm³/mol. The predicted octanol–water partition coefficient (Wildman–Crippen LogP) is 5.26. The molecule has 2 aromatic rings. The summed E-state index contributed by atoms with van der Waals surface area (Å²) in [5.41, 5.74) is -4.93. The van der Waals surface area contributed by atoms with Crippen molar-refractivity contribution >= 4 is 18.2 Å². The largest absolute Gasteiger partial charge is 0.498 e. The van der Waals surface area contributed by atoms with Crippen molar-refractivity contribution in [3.63, 3.8) is 0 Å². The Morgan fingerprint density at radius 2 is 1.27 bits per heavy atom. The van der Waals surface area contributed by atoms with Gasteiger partial charge in [-0.1, -0.05) is 60.7 Å². The molecule has 0 N–H and O–H groups in total. The lowest BCUT2D eigenvalue weighted by molar-refractivity contribution is -0.0458. The van der Waals surface area contributed by atoms with E-state index < -0.39 is 35.0 Å². The fourth-order valence-electron chi connectivity index (χ4n) is 2.63. The molecule has 0 unspecified atom stereocenters. The maximum absolute atomic E-state index is 13.4. The lowest BCUT2D eigenvalue weighted by Crippen LogP contribution is -2.37. The van der Waals surface area contributed by atoms with Crippen LogP contribution in [0.25, 0.3) is 0 Å². The monoisotopic (exact) mass is 402 g/mol. The molecule has 0 saturated heterocycles. The molecule has 0 aliphatic heterocycles. The van der Waals surface area contributed by atoms with Gasteiger partial charge in [0.05, 0.1) is 6.10 Å². The highest BCUT2D eigenvalue weighted by Gasteiger charge is 2.54. The molecule has 142 valence electrons. The Morgan fingerprint density at radius 1 is 0.846 bits per heavy atom. The highest BCUT2D eigenvalue weighted by atomic mass is 32.2. The topological polar surface area (TPSA) is 43.4 Å². The SMILES string of the molecule is C[Si](C)(C)O[C@H](c1ccccc1)[C@@H](c1ccccc1)S(=O)(=O)C(F)(F)F. The first-order chi connectivity index (χ1) is 11.9. The number of sulfone groups is 1. The Hall–Kier alpha value is -1.64. The van der Waals surface area contributed by atoms with Crippen LogP contribution in [0.4, 0.5) is 13.2 Å². The van der Waals surface area contributed by atoms with Crippen molar-refractivity contribution < 1.29 is 26.0 Å². The van der Waals surface area contributed by atoms with Crippen LogP contribution in [0.5, 0.6) is 0 Å². The van der Waals surface area contributed by atoms with E-state index in [4.69, 9.17) is 4.43 Å². The average molecular weight is 403 g/mol. The molecule has 2 atom stereocenters. The summed E-state index contributed by atoms with van der Waals surface area (Å²) >= 11 is 0. The first-order valence-electron chi connectivity index (χ1n) is 8.01. The quantitative estimate of drug-likeness (QED) is 0.620. The maximum atomic E-state index is 13.4. The van der Waals surface area contributed by atoms with Gasteiger partial charge in [0.25, 0.3) is 9.84 Å². The van der Waals surface area contributed by atoms with Crippen molar-refractivity contribution in [3.8, 4) is 0 Å². The first-order valence-corrected chi connectivity index (χ1v) is 13.0. The van der Waals surface area contributed by atoms with Gasteiger partial charge in [0.15, 0.2) is 8.32 Å². The van der Waals surface area contributed by atoms with E-state index in [0.717, 1.165) is 0 Å². The average Bonchev–Trinajstić information content (AvgIpc) is 2.53. The van der Waals surface area contributed by atoms with Gasteiger partial charge in [-0.3, -0.25) is 0 Å². The van der Waals surface area contributed by atoms with E-state index >= 15 is 0 Å². The number of hydrogen-bond donors (Lipinski definition) is 0. The van der Waals surface area contributed by atoms with Gasteiger partial charge in [-0.2, -0.15) is 13.2 Å². The molecule has 0 saturated carbocycles. The summed E-state index contributed by atoms with van der Waals surface area (Å²) in [7, 11) is -7.88. The molecule has 3 nitrogen and oxygen atoms in total. The van der Waals surface area contributed by atoms with E-state index in [1.807, 2.05) is 19.6 Å². The summed E-state index contributed by atoms with van der Waals surface area (Å²) in [6.45, 7) is 5.43. The molecule has 0 heterocycles. The second kappa shape index (κ2) is 7.54. The molecule has 2 aromatic carbocycles. The van der Waals surface area contributed by atoms with E-state index in [1.54, 1.807) is 36.4 Å². The molecule has 0 aliphatic rings. The molecule has 0 fully saturated rings. The minimum atomic E-state index is -5.51. The minimum absolute atomic E-state index is 0.0527. The molecule has 0 radical (unpaired) electrons. The van der Waals surface area contributed by atoms with Gasteiger partial charge >= 0.3 is 5.51 Å². The normalized spacial score (nSPS) is 15.5.